The molecule has 1 fully saturated rings. The third-order valence-corrected chi connectivity index (χ3v) is 7.45. The van der Waals surface area contributed by atoms with Gasteiger partial charge in [-0.05, 0) is 98.0 Å². The van der Waals surface area contributed by atoms with Crippen molar-refractivity contribution < 1.29 is 4.74 Å². The maximum absolute atomic E-state index is 6.07. The Bertz CT molecular complexity index is 1570. The maximum Gasteiger partial charge on any atom is 0.174 e. The second-order valence-electron chi connectivity index (χ2n) is 9.19. The minimum Gasteiger partial charge on any atom is -0.457 e. The van der Waals surface area contributed by atoms with Gasteiger partial charge in [0.05, 0.1) is 11.7 Å². The zero-order chi connectivity index (χ0) is 26.1. The summed E-state index contributed by atoms with van der Waals surface area (Å²) in [6, 6.07) is 34.4. The van der Waals surface area contributed by atoms with Gasteiger partial charge in [0.1, 0.15) is 17.5 Å². The summed E-state index contributed by atoms with van der Waals surface area (Å²) in [5.41, 5.74) is 5.28. The van der Waals surface area contributed by atoms with Crippen molar-refractivity contribution in [2.24, 2.45) is 0 Å². The number of benzene rings is 3. The van der Waals surface area contributed by atoms with Crippen LogP contribution in [0.25, 0.3) is 5.69 Å². The number of pyridine rings is 1. The predicted molar refractivity (Wildman–Crippen MR) is 159 cm³/mol. The molecule has 2 atom stereocenters. The van der Waals surface area contributed by atoms with Crippen molar-refractivity contribution in [3.63, 3.8) is 0 Å². The molecule has 1 aliphatic rings. The molecule has 38 heavy (non-hydrogen) atoms. The molecule has 6 rings (SSSR count). The van der Waals surface area contributed by atoms with E-state index in [1.165, 1.54) is 5.56 Å². The summed E-state index contributed by atoms with van der Waals surface area (Å²) in [7, 11) is 0. The van der Waals surface area contributed by atoms with E-state index in [2.05, 4.69) is 85.2 Å². The molecule has 1 aliphatic heterocycles. The number of hydrogen-bond acceptors (Lipinski definition) is 3. The highest BCUT2D eigenvalue weighted by Gasteiger charge is 2.42. The van der Waals surface area contributed by atoms with Gasteiger partial charge in [-0.1, -0.05) is 45.8 Å². The molecular weight excluding hydrogens is 556 g/mol. The lowest BCUT2D eigenvalue weighted by Gasteiger charge is -2.29. The number of hydrogen-bond donors (Lipinski definition) is 1. The fraction of sp³-hybridized carbons (Fsp3) is 0.0968. The SMILES string of the molecule is Cc1ccc(Oc2ccc(N3C(=S)N[C@H](c4ccccn4)[C@H]3c3cccn3-c3cccc(Br)c3)cc2)cc1. The zero-order valence-corrected chi connectivity index (χ0v) is 23.1. The molecule has 3 heterocycles. The van der Waals surface area contributed by atoms with Crippen LogP contribution >= 0.6 is 28.1 Å². The van der Waals surface area contributed by atoms with Crippen LogP contribution in [0.15, 0.2) is 120 Å². The van der Waals surface area contributed by atoms with Crippen molar-refractivity contribution in [2.45, 2.75) is 19.0 Å². The minimum absolute atomic E-state index is 0.129. The summed E-state index contributed by atoms with van der Waals surface area (Å²) in [5.74, 6) is 1.58. The molecule has 1 N–H and O–H groups in total. The van der Waals surface area contributed by atoms with Crippen molar-refractivity contribution in [1.82, 2.24) is 14.9 Å². The van der Waals surface area contributed by atoms with Crippen molar-refractivity contribution in [3.05, 3.63) is 137 Å². The average molecular weight is 582 g/mol. The standard InChI is InChI=1S/C31H25BrN4OS/c1-21-10-14-25(15-11-21)37-26-16-12-23(13-17-26)36-30(29(34-31(36)38)27-8-2-3-18-33-27)28-9-5-19-35(28)24-7-4-6-22(32)20-24/h2-20,29-30H,1H3,(H,34,38)/t29-,30-/m1/s1. The molecular formula is C31H25BrN4OS. The Balaban J connectivity index is 1.39. The number of anilines is 1. The van der Waals surface area contributed by atoms with Crippen LogP contribution in [0.4, 0.5) is 5.69 Å². The van der Waals surface area contributed by atoms with Crippen LogP contribution in [-0.4, -0.2) is 14.7 Å². The van der Waals surface area contributed by atoms with Crippen LogP contribution in [0, 0.1) is 6.92 Å². The van der Waals surface area contributed by atoms with E-state index >= 15 is 0 Å². The zero-order valence-electron chi connectivity index (χ0n) is 20.7. The number of ether oxygens (including phenoxy) is 1. The highest BCUT2D eigenvalue weighted by atomic mass is 79.9. The average Bonchev–Trinajstić information content (AvgIpc) is 3.55. The number of aromatic nitrogens is 2. The lowest BCUT2D eigenvalue weighted by Crippen LogP contribution is -2.30. The molecule has 7 heteroatoms. The van der Waals surface area contributed by atoms with E-state index in [9.17, 15) is 0 Å². The molecule has 0 saturated carbocycles. The first-order valence-electron chi connectivity index (χ1n) is 12.4. The summed E-state index contributed by atoms with van der Waals surface area (Å²) in [4.78, 5) is 6.86. The molecule has 3 aromatic carbocycles. The van der Waals surface area contributed by atoms with Crippen LogP contribution < -0.4 is 15.0 Å². The van der Waals surface area contributed by atoms with Crippen molar-refractivity contribution in [2.75, 3.05) is 4.90 Å². The normalized spacial score (nSPS) is 16.9. The fourth-order valence-electron chi connectivity index (χ4n) is 4.85. The van der Waals surface area contributed by atoms with Crippen molar-refractivity contribution in [3.8, 4) is 17.2 Å². The molecule has 1 saturated heterocycles. The van der Waals surface area contributed by atoms with Gasteiger partial charge in [0.25, 0.3) is 0 Å². The minimum atomic E-state index is -0.131. The van der Waals surface area contributed by atoms with Gasteiger partial charge in [-0.15, -0.1) is 0 Å². The largest absolute Gasteiger partial charge is 0.457 e. The van der Waals surface area contributed by atoms with E-state index in [1.807, 2.05) is 72.9 Å². The summed E-state index contributed by atoms with van der Waals surface area (Å²) in [6.07, 6.45) is 3.91. The van der Waals surface area contributed by atoms with Crippen LogP contribution in [-0.2, 0) is 0 Å². The van der Waals surface area contributed by atoms with Gasteiger partial charge in [0.15, 0.2) is 5.11 Å². The lowest BCUT2D eigenvalue weighted by molar-refractivity contribution is 0.482. The molecule has 188 valence electrons. The molecule has 0 amide bonds. The van der Waals surface area contributed by atoms with Crippen LogP contribution in [0.2, 0.25) is 0 Å². The van der Waals surface area contributed by atoms with Crippen molar-refractivity contribution >= 4 is 38.9 Å². The van der Waals surface area contributed by atoms with Gasteiger partial charge in [0, 0.05) is 33.9 Å². The molecule has 0 spiro atoms. The van der Waals surface area contributed by atoms with Crippen LogP contribution in [0.3, 0.4) is 0 Å². The summed E-state index contributed by atoms with van der Waals surface area (Å²) < 4.78 is 9.31. The second kappa shape index (κ2) is 10.4. The highest BCUT2D eigenvalue weighted by Crippen LogP contribution is 2.42. The van der Waals surface area contributed by atoms with E-state index in [-0.39, 0.29) is 12.1 Å². The Morgan fingerprint density at radius 1 is 0.842 bits per heavy atom. The third kappa shape index (κ3) is 4.83. The Labute approximate surface area is 235 Å². The summed E-state index contributed by atoms with van der Waals surface area (Å²) in [5, 5.41) is 4.20. The Morgan fingerprint density at radius 3 is 2.32 bits per heavy atom. The van der Waals surface area contributed by atoms with Gasteiger partial charge >= 0.3 is 0 Å². The topological polar surface area (TPSA) is 42.3 Å². The first kappa shape index (κ1) is 24.4. The van der Waals surface area contributed by atoms with E-state index in [1.54, 1.807) is 0 Å². The van der Waals surface area contributed by atoms with Gasteiger partial charge in [-0.3, -0.25) is 4.98 Å². The van der Waals surface area contributed by atoms with E-state index in [0.717, 1.165) is 38.7 Å². The Morgan fingerprint density at radius 2 is 1.61 bits per heavy atom. The predicted octanol–water partition coefficient (Wildman–Crippen LogP) is 7.91. The van der Waals surface area contributed by atoms with E-state index in [0.29, 0.717) is 5.11 Å². The first-order valence-corrected chi connectivity index (χ1v) is 13.6. The number of nitrogens with one attached hydrogen (secondary N) is 1. The molecule has 0 aliphatic carbocycles. The quantitative estimate of drug-likeness (QED) is 0.207. The van der Waals surface area contributed by atoms with Crippen LogP contribution in [0.1, 0.15) is 29.0 Å². The molecule has 5 nitrogen and oxygen atoms in total. The number of aryl methyl sites for hydroxylation is 1. The number of nitrogens with zero attached hydrogens (tertiary/aromatic N) is 3. The number of thiocarbonyl (C=S) groups is 1. The van der Waals surface area contributed by atoms with E-state index < -0.39 is 0 Å². The fourth-order valence-corrected chi connectivity index (χ4v) is 5.58. The molecule has 0 radical (unpaired) electrons. The van der Waals surface area contributed by atoms with Gasteiger partial charge in [0.2, 0.25) is 0 Å². The first-order chi connectivity index (χ1) is 18.6. The number of halogens is 1. The maximum atomic E-state index is 6.07. The summed E-state index contributed by atoms with van der Waals surface area (Å²) >= 11 is 9.54. The second-order valence-corrected chi connectivity index (χ2v) is 10.5. The molecule has 0 bridgehead atoms. The van der Waals surface area contributed by atoms with Crippen LogP contribution in [0.5, 0.6) is 11.5 Å². The van der Waals surface area contributed by atoms with Crippen molar-refractivity contribution in [1.29, 1.82) is 0 Å². The molecule has 2 aromatic heterocycles. The Hall–Kier alpha value is -3.94. The lowest BCUT2D eigenvalue weighted by atomic mass is 10.0. The van der Waals surface area contributed by atoms with Gasteiger partial charge < -0.3 is 19.5 Å². The van der Waals surface area contributed by atoms with Gasteiger partial charge in [-0.25, -0.2) is 0 Å². The van der Waals surface area contributed by atoms with Gasteiger partial charge in [-0.2, -0.15) is 0 Å². The highest BCUT2D eigenvalue weighted by molar-refractivity contribution is 9.10. The smallest absolute Gasteiger partial charge is 0.174 e. The monoisotopic (exact) mass is 580 g/mol. The Kier molecular flexibility index (Phi) is 6.70. The summed E-state index contributed by atoms with van der Waals surface area (Å²) in [6.45, 7) is 2.06. The molecule has 5 aromatic rings. The third-order valence-electron chi connectivity index (χ3n) is 6.64. The number of rotatable bonds is 6. The van der Waals surface area contributed by atoms with E-state index in [4.69, 9.17) is 17.0 Å². The molecule has 0 unspecified atom stereocenters.